The Balaban J connectivity index is 1.07. The fourth-order valence-electron chi connectivity index (χ4n) is 7.12. The molecule has 3 aromatic rings. The van der Waals surface area contributed by atoms with Gasteiger partial charge in [-0.05, 0) is 53.5 Å². The van der Waals surface area contributed by atoms with Crippen molar-refractivity contribution in [3.63, 3.8) is 0 Å². The third kappa shape index (κ3) is 6.04. The maximum absolute atomic E-state index is 13.3. The van der Waals surface area contributed by atoms with Crippen molar-refractivity contribution in [3.8, 4) is 11.1 Å². The fourth-order valence-corrected chi connectivity index (χ4v) is 7.12. The second-order valence-corrected chi connectivity index (χ2v) is 11.7. The molecule has 218 valence electrons. The van der Waals surface area contributed by atoms with E-state index in [0.29, 0.717) is 12.1 Å². The molecule has 2 heterocycles. The molecule has 2 fully saturated rings. The number of carbonyl (C=O) groups excluding carboxylic acids is 2. The minimum Gasteiger partial charge on any atom is -0.481 e. The van der Waals surface area contributed by atoms with Crippen molar-refractivity contribution in [2.24, 2.45) is 0 Å². The lowest BCUT2D eigenvalue weighted by molar-refractivity contribution is -0.140. The molecule has 1 aliphatic carbocycles. The first-order chi connectivity index (χ1) is 20.5. The number of fused-ring (bicyclic) bond motifs is 5. The Bertz CT molecular complexity index is 1380. The van der Waals surface area contributed by atoms with Crippen LogP contribution in [0.2, 0.25) is 0 Å². The summed E-state index contributed by atoms with van der Waals surface area (Å²) in [6.07, 6.45) is 3.62. The Hall–Kier alpha value is -4.17. The van der Waals surface area contributed by atoms with Gasteiger partial charge >= 0.3 is 12.1 Å². The highest BCUT2D eigenvalue weighted by Crippen LogP contribution is 2.44. The number of nitrogens with one attached hydrogen (secondary N) is 2. The summed E-state index contributed by atoms with van der Waals surface area (Å²) >= 11 is 0. The summed E-state index contributed by atoms with van der Waals surface area (Å²) < 4.78 is 5.59. The van der Waals surface area contributed by atoms with Gasteiger partial charge in [-0.25, -0.2) is 4.79 Å². The van der Waals surface area contributed by atoms with Crippen LogP contribution in [0.5, 0.6) is 0 Å². The van der Waals surface area contributed by atoms with E-state index >= 15 is 0 Å². The van der Waals surface area contributed by atoms with E-state index in [1.165, 1.54) is 12.0 Å². The average molecular weight is 568 g/mol. The zero-order valence-corrected chi connectivity index (χ0v) is 23.6. The topological polar surface area (TPSA) is 108 Å². The largest absolute Gasteiger partial charge is 0.481 e. The molecule has 0 aromatic heterocycles. The van der Waals surface area contributed by atoms with Crippen LogP contribution >= 0.6 is 0 Å². The lowest BCUT2D eigenvalue weighted by Crippen LogP contribution is -2.58. The number of alkyl carbamates (subject to hydrolysis) is 1. The molecule has 0 spiro atoms. The van der Waals surface area contributed by atoms with Crippen LogP contribution in [0.3, 0.4) is 0 Å². The zero-order chi connectivity index (χ0) is 29.1. The molecule has 8 nitrogen and oxygen atoms in total. The Morgan fingerprint density at radius 3 is 2.07 bits per heavy atom. The van der Waals surface area contributed by atoms with Gasteiger partial charge < -0.3 is 20.5 Å². The van der Waals surface area contributed by atoms with Crippen LogP contribution < -0.4 is 10.6 Å². The van der Waals surface area contributed by atoms with Gasteiger partial charge in [-0.2, -0.15) is 0 Å². The molecule has 2 saturated heterocycles. The quantitative estimate of drug-likeness (QED) is 0.333. The molecule has 0 radical (unpaired) electrons. The van der Waals surface area contributed by atoms with E-state index in [2.05, 4.69) is 51.9 Å². The highest BCUT2D eigenvalue weighted by Gasteiger charge is 2.39. The molecule has 0 saturated carbocycles. The van der Waals surface area contributed by atoms with Crippen molar-refractivity contribution in [2.75, 3.05) is 6.61 Å². The third-order valence-corrected chi connectivity index (χ3v) is 9.01. The Labute approximate surface area is 246 Å². The Morgan fingerprint density at radius 2 is 1.45 bits per heavy atom. The summed E-state index contributed by atoms with van der Waals surface area (Å²) in [7, 11) is 0. The van der Waals surface area contributed by atoms with Crippen molar-refractivity contribution >= 4 is 18.0 Å². The molecule has 2 amide bonds. The van der Waals surface area contributed by atoms with Crippen LogP contribution in [0.15, 0.2) is 78.9 Å². The molecular formula is C34H37N3O5. The molecule has 2 aliphatic heterocycles. The molecule has 8 heteroatoms. The Morgan fingerprint density at radius 1 is 0.857 bits per heavy atom. The predicted molar refractivity (Wildman–Crippen MR) is 159 cm³/mol. The number of hydrogen-bond donors (Lipinski definition) is 3. The highest BCUT2D eigenvalue weighted by atomic mass is 16.5. The van der Waals surface area contributed by atoms with Crippen LogP contribution in [0.4, 0.5) is 4.79 Å². The average Bonchev–Trinajstić information content (AvgIpc) is 3.30. The smallest absolute Gasteiger partial charge is 0.407 e. The summed E-state index contributed by atoms with van der Waals surface area (Å²) in [6, 6.07) is 25.9. The number of piperidine rings is 2. The van der Waals surface area contributed by atoms with E-state index in [9.17, 15) is 19.5 Å². The lowest BCUT2D eigenvalue weighted by atomic mass is 9.81. The molecule has 6 rings (SSSR count). The van der Waals surface area contributed by atoms with Gasteiger partial charge in [0.05, 0.1) is 6.42 Å². The molecular weight excluding hydrogens is 530 g/mol. The molecule has 2 bridgehead atoms. The van der Waals surface area contributed by atoms with Gasteiger partial charge in [0.2, 0.25) is 5.91 Å². The fraction of sp³-hybridized carbons (Fsp3) is 0.382. The van der Waals surface area contributed by atoms with E-state index in [-0.39, 0.29) is 18.6 Å². The van der Waals surface area contributed by atoms with Crippen LogP contribution in [0.1, 0.15) is 61.1 Å². The van der Waals surface area contributed by atoms with Gasteiger partial charge in [-0.15, -0.1) is 0 Å². The SMILES string of the molecule is O=C(O)CC(NC(=O)OCC1c2ccccc2-c2ccccc21)C(=O)NC1CC2CCCC(C1)N2Cc1ccccc1. The second kappa shape index (κ2) is 12.4. The van der Waals surface area contributed by atoms with E-state index in [1.807, 2.05) is 42.5 Å². The van der Waals surface area contributed by atoms with Crippen molar-refractivity contribution < 1.29 is 24.2 Å². The van der Waals surface area contributed by atoms with E-state index < -0.39 is 30.4 Å². The number of rotatable bonds is 9. The van der Waals surface area contributed by atoms with Crippen LogP contribution in [0, 0.1) is 0 Å². The number of benzene rings is 3. The number of nitrogens with zero attached hydrogens (tertiary/aromatic N) is 1. The minimum atomic E-state index is -1.22. The van der Waals surface area contributed by atoms with Crippen LogP contribution in [-0.4, -0.2) is 58.8 Å². The molecule has 3 atom stereocenters. The number of aliphatic carboxylic acids is 1. The van der Waals surface area contributed by atoms with Crippen molar-refractivity contribution in [3.05, 3.63) is 95.6 Å². The summed E-state index contributed by atoms with van der Waals surface area (Å²) in [5, 5.41) is 15.1. The van der Waals surface area contributed by atoms with E-state index in [1.54, 1.807) is 0 Å². The monoisotopic (exact) mass is 567 g/mol. The molecule has 42 heavy (non-hydrogen) atoms. The molecule has 3 unspecified atom stereocenters. The highest BCUT2D eigenvalue weighted by molar-refractivity contribution is 5.89. The Kier molecular flexibility index (Phi) is 8.24. The summed E-state index contributed by atoms with van der Waals surface area (Å²) in [5.41, 5.74) is 5.67. The van der Waals surface area contributed by atoms with Gasteiger partial charge in [-0.1, -0.05) is 85.3 Å². The van der Waals surface area contributed by atoms with Gasteiger partial charge in [0.25, 0.3) is 0 Å². The molecule has 3 aliphatic rings. The van der Waals surface area contributed by atoms with Gasteiger partial charge in [0.15, 0.2) is 0 Å². The van der Waals surface area contributed by atoms with Crippen LogP contribution in [0.25, 0.3) is 11.1 Å². The number of carboxylic acids is 1. The van der Waals surface area contributed by atoms with Crippen LogP contribution in [-0.2, 0) is 20.9 Å². The van der Waals surface area contributed by atoms with E-state index in [4.69, 9.17) is 4.74 Å². The zero-order valence-electron chi connectivity index (χ0n) is 23.6. The van der Waals surface area contributed by atoms with E-state index in [0.717, 1.165) is 54.5 Å². The second-order valence-electron chi connectivity index (χ2n) is 11.7. The van der Waals surface area contributed by atoms with Crippen molar-refractivity contribution in [1.82, 2.24) is 15.5 Å². The summed E-state index contributed by atoms with van der Waals surface area (Å²) in [4.78, 5) is 40.4. The maximum Gasteiger partial charge on any atom is 0.407 e. The van der Waals surface area contributed by atoms with Crippen molar-refractivity contribution in [1.29, 1.82) is 0 Å². The summed E-state index contributed by atoms with van der Waals surface area (Å²) in [5.74, 6) is -1.77. The predicted octanol–water partition coefficient (Wildman–Crippen LogP) is 5.07. The summed E-state index contributed by atoms with van der Waals surface area (Å²) in [6.45, 7) is 0.978. The number of carbonyl (C=O) groups is 3. The van der Waals surface area contributed by atoms with Gasteiger partial charge in [-0.3, -0.25) is 14.5 Å². The normalized spacial score (nSPS) is 22.0. The first-order valence-electron chi connectivity index (χ1n) is 14.9. The van der Waals surface area contributed by atoms with Crippen molar-refractivity contribution in [2.45, 2.75) is 75.2 Å². The maximum atomic E-state index is 13.3. The first-order valence-corrected chi connectivity index (χ1v) is 14.9. The molecule has 3 N–H and O–H groups in total. The first kappa shape index (κ1) is 28.0. The minimum absolute atomic E-state index is 0.0690. The number of ether oxygens (including phenoxy) is 1. The third-order valence-electron chi connectivity index (χ3n) is 9.01. The standard InChI is InChI=1S/C34H37N3O5/c38-32(39)19-31(36-34(41)42-21-30-28-15-6-4-13-26(28)27-14-5-7-16-29(27)30)33(40)35-23-17-24-11-8-12-25(18-23)37(24)20-22-9-2-1-3-10-22/h1-7,9-10,13-16,23-25,30-31H,8,11-12,17-21H2,(H,35,40)(H,36,41)(H,38,39). The number of carboxylic acid groups (broad SMARTS) is 1. The van der Waals surface area contributed by atoms with Gasteiger partial charge in [0, 0.05) is 30.6 Å². The van der Waals surface area contributed by atoms with Gasteiger partial charge in [0.1, 0.15) is 12.6 Å². The molecule has 3 aromatic carbocycles. The number of amides is 2. The lowest BCUT2D eigenvalue weighted by Gasteiger charge is -2.49. The number of hydrogen-bond acceptors (Lipinski definition) is 5.